The molecule has 0 aliphatic rings. The van der Waals surface area contributed by atoms with Gasteiger partial charge >= 0.3 is 0 Å². The third-order valence-electron chi connectivity index (χ3n) is 6.93. The third-order valence-corrected chi connectivity index (χ3v) is 6.93. The quantitative estimate of drug-likeness (QED) is 0.266. The number of aromatic nitrogens is 2. The van der Waals surface area contributed by atoms with E-state index >= 15 is 0 Å². The summed E-state index contributed by atoms with van der Waals surface area (Å²) in [5.74, 6) is 0. The molecule has 0 unspecified atom stereocenters. The molecule has 0 radical (unpaired) electrons. The molecule has 7 aromatic rings. The lowest BCUT2D eigenvalue weighted by Gasteiger charge is -2.11. The van der Waals surface area contributed by atoms with Crippen molar-refractivity contribution in [1.82, 2.24) is 9.13 Å². The van der Waals surface area contributed by atoms with Gasteiger partial charge in [0.2, 0.25) is 0 Å². The molecule has 156 valence electrons. The zero-order valence-corrected chi connectivity index (χ0v) is 18.4. The van der Waals surface area contributed by atoms with Crippen LogP contribution in [0.25, 0.3) is 60.4 Å². The molecule has 0 spiro atoms. The van der Waals surface area contributed by atoms with Gasteiger partial charge in [0.05, 0.1) is 11.0 Å². The molecule has 0 aliphatic carbocycles. The van der Waals surface area contributed by atoms with Crippen LogP contribution in [0.15, 0.2) is 115 Å². The predicted octanol–water partition coefficient (Wildman–Crippen LogP) is 8.10. The number of fused-ring (bicyclic) bond motifs is 7. The van der Waals surface area contributed by atoms with E-state index in [1.54, 1.807) is 0 Å². The second-order valence-corrected chi connectivity index (χ2v) is 8.67. The Morgan fingerprint density at radius 1 is 0.485 bits per heavy atom. The van der Waals surface area contributed by atoms with Gasteiger partial charge in [-0.1, -0.05) is 84.9 Å². The van der Waals surface area contributed by atoms with Crippen molar-refractivity contribution < 1.29 is 0 Å². The number of aryl methyl sites for hydroxylation is 1. The Kier molecular flexibility index (Phi) is 3.80. The molecule has 0 N–H and O–H groups in total. The van der Waals surface area contributed by atoms with Crippen molar-refractivity contribution >= 4 is 43.6 Å². The van der Waals surface area contributed by atoms with E-state index in [0.717, 1.165) is 0 Å². The molecule has 0 aliphatic heterocycles. The minimum Gasteiger partial charge on any atom is -0.344 e. The maximum Gasteiger partial charge on any atom is 0.0619 e. The molecule has 0 saturated heterocycles. The van der Waals surface area contributed by atoms with Gasteiger partial charge in [-0.15, -0.1) is 0 Å². The van der Waals surface area contributed by atoms with Crippen molar-refractivity contribution in [2.45, 2.75) is 0 Å². The van der Waals surface area contributed by atoms with Gasteiger partial charge in [0.1, 0.15) is 0 Å². The van der Waals surface area contributed by atoms with Crippen LogP contribution in [-0.4, -0.2) is 9.13 Å². The van der Waals surface area contributed by atoms with Gasteiger partial charge in [-0.25, -0.2) is 0 Å². The first kappa shape index (κ1) is 18.3. The van der Waals surface area contributed by atoms with Crippen LogP contribution >= 0.6 is 0 Å². The number of rotatable bonds is 2. The van der Waals surface area contributed by atoms with Crippen LogP contribution in [0, 0.1) is 0 Å². The van der Waals surface area contributed by atoms with E-state index in [1.165, 1.54) is 60.4 Å². The van der Waals surface area contributed by atoms with Gasteiger partial charge in [-0.2, -0.15) is 0 Å². The van der Waals surface area contributed by atoms with E-state index in [2.05, 4.69) is 131 Å². The highest BCUT2D eigenvalue weighted by atomic mass is 15.0. The van der Waals surface area contributed by atoms with Crippen molar-refractivity contribution in [3.8, 4) is 16.8 Å². The molecule has 7 rings (SSSR count). The standard InChI is InChI=1S/C31H22N2/c1-32-26-18-9-8-15-24(26)29-27(32)19-20-28-30(29)25-17-10-16-23(21-11-4-2-5-12-21)31(25)33(28)22-13-6-3-7-14-22/h2-20H,1H3. The van der Waals surface area contributed by atoms with E-state index in [-0.39, 0.29) is 0 Å². The number of benzene rings is 5. The van der Waals surface area contributed by atoms with E-state index in [4.69, 9.17) is 0 Å². The van der Waals surface area contributed by atoms with Gasteiger partial charge in [0, 0.05) is 50.9 Å². The van der Waals surface area contributed by atoms with Crippen LogP contribution < -0.4 is 0 Å². The molecule has 0 bridgehead atoms. The Bertz CT molecular complexity index is 1800. The molecule has 0 atom stereocenters. The summed E-state index contributed by atoms with van der Waals surface area (Å²) in [6.45, 7) is 0. The Morgan fingerprint density at radius 3 is 1.94 bits per heavy atom. The van der Waals surface area contributed by atoms with Crippen LogP contribution in [0.2, 0.25) is 0 Å². The Hall–Kier alpha value is -4.30. The van der Waals surface area contributed by atoms with E-state index < -0.39 is 0 Å². The summed E-state index contributed by atoms with van der Waals surface area (Å²) in [7, 11) is 2.17. The zero-order chi connectivity index (χ0) is 21.9. The molecule has 2 nitrogen and oxygen atoms in total. The van der Waals surface area contributed by atoms with Gasteiger partial charge < -0.3 is 9.13 Å². The van der Waals surface area contributed by atoms with Crippen molar-refractivity contribution in [3.05, 3.63) is 115 Å². The number of hydrogen-bond donors (Lipinski definition) is 0. The average molecular weight is 423 g/mol. The lowest BCUT2D eigenvalue weighted by molar-refractivity contribution is 1.01. The topological polar surface area (TPSA) is 9.86 Å². The second kappa shape index (κ2) is 6.85. The Balaban J connectivity index is 1.77. The highest BCUT2D eigenvalue weighted by Gasteiger charge is 2.20. The lowest BCUT2D eigenvalue weighted by atomic mass is 10.0. The first-order valence-electron chi connectivity index (χ1n) is 11.4. The summed E-state index contributed by atoms with van der Waals surface area (Å²) in [6.07, 6.45) is 0. The fraction of sp³-hybridized carbons (Fsp3) is 0.0323. The van der Waals surface area contributed by atoms with Gasteiger partial charge in [0.15, 0.2) is 0 Å². The monoisotopic (exact) mass is 422 g/mol. The molecule has 0 fully saturated rings. The first-order valence-corrected chi connectivity index (χ1v) is 11.4. The number of hydrogen-bond acceptors (Lipinski definition) is 0. The average Bonchev–Trinajstić information content (AvgIpc) is 3.37. The minimum absolute atomic E-state index is 1.18. The van der Waals surface area contributed by atoms with Crippen LogP contribution in [0.3, 0.4) is 0 Å². The molecule has 33 heavy (non-hydrogen) atoms. The van der Waals surface area contributed by atoms with Crippen LogP contribution in [0.5, 0.6) is 0 Å². The fourth-order valence-electron chi connectivity index (χ4n) is 5.50. The Labute approximate surface area is 191 Å². The van der Waals surface area contributed by atoms with Crippen molar-refractivity contribution in [1.29, 1.82) is 0 Å². The number of para-hydroxylation sites is 3. The van der Waals surface area contributed by atoms with Crippen LogP contribution in [-0.2, 0) is 7.05 Å². The largest absolute Gasteiger partial charge is 0.344 e. The number of nitrogens with zero attached hydrogens (tertiary/aromatic N) is 2. The summed E-state index contributed by atoms with van der Waals surface area (Å²) >= 11 is 0. The molecule has 2 heterocycles. The summed E-state index contributed by atoms with van der Waals surface area (Å²) in [5.41, 5.74) is 8.69. The molecule has 0 amide bonds. The molecule has 5 aromatic carbocycles. The predicted molar refractivity (Wildman–Crippen MR) is 140 cm³/mol. The maximum absolute atomic E-state index is 2.44. The lowest BCUT2D eigenvalue weighted by Crippen LogP contribution is -1.95. The summed E-state index contributed by atoms with van der Waals surface area (Å²) < 4.78 is 4.76. The SMILES string of the molecule is Cn1c2ccccc2c2c3c4cccc(-c5ccccc5)c4n(-c4ccccc4)c3ccc21. The normalized spacial score (nSPS) is 11.8. The van der Waals surface area contributed by atoms with E-state index in [9.17, 15) is 0 Å². The highest BCUT2D eigenvalue weighted by Crippen LogP contribution is 2.43. The third kappa shape index (κ3) is 2.49. The summed E-state index contributed by atoms with van der Waals surface area (Å²) in [5, 5.41) is 5.24. The van der Waals surface area contributed by atoms with Crippen molar-refractivity contribution in [3.63, 3.8) is 0 Å². The smallest absolute Gasteiger partial charge is 0.0619 e. The molecule has 0 saturated carbocycles. The molecular formula is C31H22N2. The zero-order valence-electron chi connectivity index (χ0n) is 18.4. The second-order valence-electron chi connectivity index (χ2n) is 8.67. The van der Waals surface area contributed by atoms with Crippen LogP contribution in [0.4, 0.5) is 0 Å². The molecule has 2 heteroatoms. The van der Waals surface area contributed by atoms with Gasteiger partial charge in [-0.3, -0.25) is 0 Å². The highest BCUT2D eigenvalue weighted by molar-refractivity contribution is 6.29. The van der Waals surface area contributed by atoms with Crippen LogP contribution in [0.1, 0.15) is 0 Å². The summed E-state index contributed by atoms with van der Waals surface area (Å²) in [4.78, 5) is 0. The van der Waals surface area contributed by atoms with Crippen molar-refractivity contribution in [2.24, 2.45) is 7.05 Å². The van der Waals surface area contributed by atoms with Crippen molar-refractivity contribution in [2.75, 3.05) is 0 Å². The Morgan fingerprint density at radius 2 is 1.12 bits per heavy atom. The molecule has 2 aromatic heterocycles. The maximum atomic E-state index is 2.44. The van der Waals surface area contributed by atoms with Gasteiger partial charge in [-0.05, 0) is 35.9 Å². The van der Waals surface area contributed by atoms with E-state index in [1.807, 2.05) is 0 Å². The van der Waals surface area contributed by atoms with Gasteiger partial charge in [0.25, 0.3) is 0 Å². The summed E-state index contributed by atoms with van der Waals surface area (Å²) in [6, 6.07) is 41.5. The molecular weight excluding hydrogens is 400 g/mol. The fourth-order valence-corrected chi connectivity index (χ4v) is 5.50. The van der Waals surface area contributed by atoms with E-state index in [0.29, 0.717) is 0 Å². The minimum atomic E-state index is 1.18. The first-order chi connectivity index (χ1) is 16.3.